The quantitative estimate of drug-likeness (QED) is 0.681. The van der Waals surface area contributed by atoms with Gasteiger partial charge in [-0.2, -0.15) is 0 Å². The maximum atomic E-state index is 12.8. The van der Waals surface area contributed by atoms with Crippen molar-refractivity contribution in [2.24, 2.45) is 0 Å². The molecule has 0 aliphatic carbocycles. The van der Waals surface area contributed by atoms with Crippen LogP contribution in [0.15, 0.2) is 42.9 Å². The molecular formula is C23H29N5O. The second kappa shape index (κ2) is 8.64. The standard InChI is InChI=1S/C23H29N5O/c1-3-19-6-4-5-14-27(19)21(29)11-12-25-23-22(18-9-7-17(2)8-10-18)26-20-16-24-13-15-28(20)23/h7-10,13,15-16,19,25H,3-6,11-12,14H2,1-2H3/t19-/m1/s1. The number of hydrogen-bond donors (Lipinski definition) is 1. The van der Waals surface area contributed by atoms with E-state index in [0.29, 0.717) is 19.0 Å². The molecule has 1 fully saturated rings. The van der Waals surface area contributed by atoms with Gasteiger partial charge < -0.3 is 10.2 Å². The minimum Gasteiger partial charge on any atom is -0.369 e. The molecular weight excluding hydrogens is 362 g/mol. The number of hydrogen-bond acceptors (Lipinski definition) is 4. The van der Waals surface area contributed by atoms with E-state index in [4.69, 9.17) is 4.98 Å². The summed E-state index contributed by atoms with van der Waals surface area (Å²) < 4.78 is 2.00. The number of aryl methyl sites for hydroxylation is 1. The largest absolute Gasteiger partial charge is 0.369 e. The number of benzene rings is 1. The Kier molecular flexibility index (Phi) is 5.79. The molecule has 0 unspecified atom stereocenters. The summed E-state index contributed by atoms with van der Waals surface area (Å²) in [6.07, 6.45) is 10.4. The lowest BCUT2D eigenvalue weighted by Gasteiger charge is -2.35. The maximum Gasteiger partial charge on any atom is 0.224 e. The van der Waals surface area contributed by atoms with Crippen molar-refractivity contribution in [2.75, 3.05) is 18.4 Å². The molecule has 6 nitrogen and oxygen atoms in total. The summed E-state index contributed by atoms with van der Waals surface area (Å²) in [4.78, 5) is 23.9. The van der Waals surface area contributed by atoms with E-state index in [1.54, 1.807) is 12.4 Å². The van der Waals surface area contributed by atoms with Crippen LogP contribution in [0.3, 0.4) is 0 Å². The smallest absolute Gasteiger partial charge is 0.224 e. The molecule has 1 N–H and O–H groups in total. The van der Waals surface area contributed by atoms with Gasteiger partial charge in [-0.3, -0.25) is 14.2 Å². The normalized spacial score (nSPS) is 16.9. The third-order valence-corrected chi connectivity index (χ3v) is 5.81. The molecule has 1 aromatic carbocycles. The van der Waals surface area contributed by atoms with E-state index in [1.165, 1.54) is 12.0 Å². The minimum absolute atomic E-state index is 0.247. The topological polar surface area (TPSA) is 62.5 Å². The molecule has 4 rings (SSSR count). The van der Waals surface area contributed by atoms with Gasteiger partial charge in [-0.15, -0.1) is 0 Å². The zero-order chi connectivity index (χ0) is 20.2. The van der Waals surface area contributed by atoms with Crippen molar-refractivity contribution in [3.8, 4) is 11.3 Å². The average molecular weight is 392 g/mol. The van der Waals surface area contributed by atoms with E-state index in [0.717, 1.165) is 48.5 Å². The van der Waals surface area contributed by atoms with Crippen molar-refractivity contribution >= 4 is 17.4 Å². The summed E-state index contributed by atoms with van der Waals surface area (Å²) in [5.41, 5.74) is 3.94. The average Bonchev–Trinajstić information content (AvgIpc) is 3.13. The second-order valence-corrected chi connectivity index (χ2v) is 7.80. The first-order chi connectivity index (χ1) is 14.2. The number of nitrogens with zero attached hydrogens (tertiary/aromatic N) is 4. The van der Waals surface area contributed by atoms with Crippen LogP contribution < -0.4 is 5.32 Å². The fourth-order valence-corrected chi connectivity index (χ4v) is 4.17. The summed E-state index contributed by atoms with van der Waals surface area (Å²) in [7, 11) is 0. The summed E-state index contributed by atoms with van der Waals surface area (Å²) in [5.74, 6) is 1.15. The SMILES string of the molecule is CC[C@@H]1CCCCN1C(=O)CCNc1c(-c2ccc(C)cc2)nc2cnccn12. The van der Waals surface area contributed by atoms with Crippen molar-refractivity contribution in [3.63, 3.8) is 0 Å². The summed E-state index contributed by atoms with van der Waals surface area (Å²) in [6.45, 7) is 5.73. The zero-order valence-electron chi connectivity index (χ0n) is 17.3. The number of anilines is 1. The number of amides is 1. The molecule has 29 heavy (non-hydrogen) atoms. The van der Waals surface area contributed by atoms with Crippen LogP contribution in [0.1, 0.15) is 44.6 Å². The van der Waals surface area contributed by atoms with Crippen LogP contribution in [0.4, 0.5) is 5.82 Å². The Labute approximate surface area is 172 Å². The van der Waals surface area contributed by atoms with E-state index in [9.17, 15) is 4.79 Å². The number of rotatable bonds is 6. The third kappa shape index (κ3) is 4.11. The van der Waals surface area contributed by atoms with Gasteiger partial charge in [-0.1, -0.05) is 36.8 Å². The number of carbonyl (C=O) groups is 1. The van der Waals surface area contributed by atoms with Crippen molar-refractivity contribution in [2.45, 2.75) is 52.0 Å². The van der Waals surface area contributed by atoms with Crippen molar-refractivity contribution in [3.05, 3.63) is 48.4 Å². The van der Waals surface area contributed by atoms with Crippen LogP contribution >= 0.6 is 0 Å². The van der Waals surface area contributed by atoms with E-state index in [1.807, 2.05) is 10.6 Å². The zero-order valence-corrected chi connectivity index (χ0v) is 17.3. The van der Waals surface area contributed by atoms with Crippen molar-refractivity contribution < 1.29 is 4.79 Å². The van der Waals surface area contributed by atoms with Gasteiger partial charge in [0.15, 0.2) is 5.65 Å². The third-order valence-electron chi connectivity index (χ3n) is 5.81. The molecule has 2 aromatic heterocycles. The highest BCUT2D eigenvalue weighted by atomic mass is 16.2. The van der Waals surface area contributed by atoms with Gasteiger partial charge in [0.05, 0.1) is 6.20 Å². The lowest BCUT2D eigenvalue weighted by atomic mass is 9.99. The van der Waals surface area contributed by atoms with Gasteiger partial charge in [0, 0.05) is 43.5 Å². The number of nitrogens with one attached hydrogen (secondary N) is 1. The Morgan fingerprint density at radius 3 is 2.86 bits per heavy atom. The molecule has 0 bridgehead atoms. The number of imidazole rings is 1. The highest BCUT2D eigenvalue weighted by Crippen LogP contribution is 2.29. The molecule has 0 spiro atoms. The van der Waals surface area contributed by atoms with Crippen LogP contribution in [0.25, 0.3) is 16.9 Å². The highest BCUT2D eigenvalue weighted by molar-refractivity contribution is 5.79. The monoisotopic (exact) mass is 391 g/mol. The predicted molar refractivity (Wildman–Crippen MR) is 116 cm³/mol. The van der Waals surface area contributed by atoms with Gasteiger partial charge in [-0.05, 0) is 32.6 Å². The van der Waals surface area contributed by atoms with Crippen LogP contribution in [0.5, 0.6) is 0 Å². The fourth-order valence-electron chi connectivity index (χ4n) is 4.17. The summed E-state index contributed by atoms with van der Waals surface area (Å²) in [6, 6.07) is 8.75. The molecule has 1 atom stereocenters. The molecule has 1 saturated heterocycles. The van der Waals surface area contributed by atoms with Crippen LogP contribution in [0.2, 0.25) is 0 Å². The number of fused-ring (bicyclic) bond motifs is 1. The van der Waals surface area contributed by atoms with E-state index >= 15 is 0 Å². The Bertz CT molecular complexity index is 979. The van der Waals surface area contributed by atoms with E-state index in [2.05, 4.69) is 53.3 Å². The lowest BCUT2D eigenvalue weighted by molar-refractivity contribution is -0.134. The predicted octanol–water partition coefficient (Wildman–Crippen LogP) is 4.30. The first kappa shape index (κ1) is 19.4. The maximum absolute atomic E-state index is 12.8. The van der Waals surface area contributed by atoms with Crippen molar-refractivity contribution in [1.82, 2.24) is 19.3 Å². The fraction of sp³-hybridized carbons (Fsp3) is 0.435. The molecule has 1 aliphatic heterocycles. The minimum atomic E-state index is 0.247. The van der Waals surface area contributed by atoms with Crippen LogP contribution in [0, 0.1) is 6.92 Å². The van der Waals surface area contributed by atoms with Gasteiger partial charge in [0.2, 0.25) is 5.91 Å². The Balaban J connectivity index is 1.52. The number of aromatic nitrogens is 3. The molecule has 1 amide bonds. The van der Waals surface area contributed by atoms with Crippen molar-refractivity contribution in [1.29, 1.82) is 0 Å². The number of piperidine rings is 1. The number of carbonyl (C=O) groups excluding carboxylic acids is 1. The van der Waals surface area contributed by atoms with Gasteiger partial charge in [0.25, 0.3) is 0 Å². The number of likely N-dealkylation sites (tertiary alicyclic amines) is 1. The van der Waals surface area contributed by atoms with Gasteiger partial charge >= 0.3 is 0 Å². The Hall–Kier alpha value is -2.89. The van der Waals surface area contributed by atoms with Gasteiger partial charge in [0.1, 0.15) is 11.5 Å². The molecule has 6 heteroatoms. The molecule has 1 aliphatic rings. The summed E-state index contributed by atoms with van der Waals surface area (Å²) >= 11 is 0. The van der Waals surface area contributed by atoms with Crippen LogP contribution in [-0.2, 0) is 4.79 Å². The van der Waals surface area contributed by atoms with Gasteiger partial charge in [-0.25, -0.2) is 4.98 Å². The van der Waals surface area contributed by atoms with E-state index < -0.39 is 0 Å². The Morgan fingerprint density at radius 2 is 2.07 bits per heavy atom. The summed E-state index contributed by atoms with van der Waals surface area (Å²) in [5, 5.41) is 3.48. The first-order valence-electron chi connectivity index (χ1n) is 10.6. The Morgan fingerprint density at radius 1 is 1.24 bits per heavy atom. The molecule has 152 valence electrons. The molecule has 0 radical (unpaired) electrons. The molecule has 3 heterocycles. The molecule has 0 saturated carbocycles. The second-order valence-electron chi connectivity index (χ2n) is 7.80. The van der Waals surface area contributed by atoms with Crippen LogP contribution in [-0.4, -0.2) is 44.3 Å². The highest BCUT2D eigenvalue weighted by Gasteiger charge is 2.25. The first-order valence-corrected chi connectivity index (χ1v) is 10.6. The van der Waals surface area contributed by atoms with E-state index in [-0.39, 0.29) is 5.91 Å². The lowest BCUT2D eigenvalue weighted by Crippen LogP contribution is -2.43. The molecule has 3 aromatic rings.